The quantitative estimate of drug-likeness (QED) is 0.875. The minimum atomic E-state index is -1.17. The van der Waals surface area contributed by atoms with Gasteiger partial charge in [-0.1, -0.05) is 22.0 Å². The van der Waals surface area contributed by atoms with Gasteiger partial charge in [-0.05, 0) is 17.7 Å². The summed E-state index contributed by atoms with van der Waals surface area (Å²) in [4.78, 5) is 0. The molecule has 0 saturated heterocycles. The first-order valence-electron chi connectivity index (χ1n) is 3.91. The highest BCUT2D eigenvalue weighted by molar-refractivity contribution is 9.10. The minimum absolute atomic E-state index is 0.0373. The summed E-state index contributed by atoms with van der Waals surface area (Å²) in [6.07, 6.45) is -1.13. The molecule has 13 heavy (non-hydrogen) atoms. The normalized spacial score (nSPS) is 12.9. The molecule has 72 valence electrons. The van der Waals surface area contributed by atoms with Crippen molar-refractivity contribution in [3.05, 3.63) is 34.1 Å². The number of alkyl halides is 1. The minimum Gasteiger partial charge on any atom is -0.328 e. The van der Waals surface area contributed by atoms with Crippen molar-refractivity contribution in [1.29, 1.82) is 0 Å². The Bertz CT molecular complexity index is 291. The lowest BCUT2D eigenvalue weighted by atomic mass is 10.1. The van der Waals surface area contributed by atoms with E-state index in [0.29, 0.717) is 10.0 Å². The van der Waals surface area contributed by atoms with Crippen molar-refractivity contribution in [1.82, 2.24) is 0 Å². The van der Waals surface area contributed by atoms with E-state index in [0.717, 1.165) is 0 Å². The van der Waals surface area contributed by atoms with E-state index in [2.05, 4.69) is 15.9 Å². The third-order valence-corrected chi connectivity index (χ3v) is 2.21. The van der Waals surface area contributed by atoms with Crippen LogP contribution in [-0.4, -0.2) is 12.7 Å². The summed E-state index contributed by atoms with van der Waals surface area (Å²) >= 11 is 3.12. The molecule has 1 nitrogen and oxygen atoms in total. The Labute approximate surface area is 84.1 Å². The van der Waals surface area contributed by atoms with E-state index < -0.39 is 12.0 Å². The van der Waals surface area contributed by atoms with Crippen LogP contribution >= 0.6 is 15.9 Å². The van der Waals surface area contributed by atoms with Crippen LogP contribution < -0.4 is 5.73 Å². The highest BCUT2D eigenvalue weighted by Gasteiger charge is 2.09. The van der Waals surface area contributed by atoms with Crippen molar-refractivity contribution >= 4 is 15.9 Å². The van der Waals surface area contributed by atoms with Gasteiger partial charge in [-0.2, -0.15) is 0 Å². The van der Waals surface area contributed by atoms with Crippen LogP contribution in [-0.2, 0) is 6.42 Å². The van der Waals surface area contributed by atoms with Crippen molar-refractivity contribution in [2.45, 2.75) is 12.6 Å². The number of nitrogens with two attached hydrogens (primary N) is 1. The second kappa shape index (κ2) is 4.67. The van der Waals surface area contributed by atoms with Gasteiger partial charge in [-0.15, -0.1) is 0 Å². The van der Waals surface area contributed by atoms with Crippen LogP contribution in [0.5, 0.6) is 0 Å². The Kier molecular flexibility index (Phi) is 3.81. The monoisotopic (exact) mass is 249 g/mol. The standard InChI is InChI=1S/C9H10BrF2N/c10-7-2-1-6(9(12)4-7)3-8(11)5-13/h1-2,4,8H,3,5,13H2. The average Bonchev–Trinajstić information content (AvgIpc) is 2.09. The zero-order valence-electron chi connectivity index (χ0n) is 6.93. The second-order valence-electron chi connectivity index (χ2n) is 2.77. The number of halogens is 3. The number of rotatable bonds is 3. The molecule has 0 amide bonds. The molecule has 1 unspecified atom stereocenters. The van der Waals surface area contributed by atoms with Crippen LogP contribution in [0.4, 0.5) is 8.78 Å². The zero-order chi connectivity index (χ0) is 9.84. The Morgan fingerprint density at radius 3 is 2.69 bits per heavy atom. The molecule has 1 rings (SSSR count). The molecular weight excluding hydrogens is 240 g/mol. The van der Waals surface area contributed by atoms with E-state index in [1.165, 1.54) is 6.07 Å². The third-order valence-electron chi connectivity index (χ3n) is 1.71. The summed E-state index contributed by atoms with van der Waals surface area (Å²) in [7, 11) is 0. The first-order valence-corrected chi connectivity index (χ1v) is 4.71. The van der Waals surface area contributed by atoms with Gasteiger partial charge in [0.1, 0.15) is 12.0 Å². The van der Waals surface area contributed by atoms with Crippen molar-refractivity contribution in [3.63, 3.8) is 0 Å². The molecule has 0 aromatic heterocycles. The fourth-order valence-electron chi connectivity index (χ4n) is 1.01. The van der Waals surface area contributed by atoms with Crippen molar-refractivity contribution in [2.24, 2.45) is 5.73 Å². The van der Waals surface area contributed by atoms with E-state index >= 15 is 0 Å². The maximum absolute atomic E-state index is 13.1. The third kappa shape index (κ3) is 3.04. The van der Waals surface area contributed by atoms with Gasteiger partial charge in [0.05, 0.1) is 0 Å². The van der Waals surface area contributed by atoms with Crippen molar-refractivity contribution in [3.8, 4) is 0 Å². The predicted molar refractivity (Wildman–Crippen MR) is 51.8 cm³/mol. The highest BCUT2D eigenvalue weighted by Crippen LogP contribution is 2.16. The van der Waals surface area contributed by atoms with E-state index in [-0.39, 0.29) is 13.0 Å². The summed E-state index contributed by atoms with van der Waals surface area (Å²) in [5, 5.41) is 0. The van der Waals surface area contributed by atoms with E-state index in [1.807, 2.05) is 0 Å². The molecule has 0 bridgehead atoms. The molecule has 1 aromatic carbocycles. The first kappa shape index (κ1) is 10.6. The summed E-state index contributed by atoms with van der Waals surface area (Å²) in [6.45, 7) is -0.0739. The first-order chi connectivity index (χ1) is 6.13. The highest BCUT2D eigenvalue weighted by atomic mass is 79.9. The molecule has 0 spiro atoms. The molecule has 0 aliphatic rings. The predicted octanol–water partition coefficient (Wildman–Crippen LogP) is 2.43. The number of hydrogen-bond acceptors (Lipinski definition) is 1. The molecule has 0 aliphatic heterocycles. The Balaban J connectivity index is 2.77. The summed E-state index contributed by atoms with van der Waals surface area (Å²) in [5.41, 5.74) is 5.46. The fraction of sp³-hybridized carbons (Fsp3) is 0.333. The van der Waals surface area contributed by atoms with E-state index in [9.17, 15) is 8.78 Å². The second-order valence-corrected chi connectivity index (χ2v) is 3.69. The maximum atomic E-state index is 13.1. The van der Waals surface area contributed by atoms with E-state index in [1.54, 1.807) is 12.1 Å². The lowest BCUT2D eigenvalue weighted by Crippen LogP contribution is -2.18. The number of hydrogen-bond donors (Lipinski definition) is 1. The molecule has 2 N–H and O–H groups in total. The van der Waals surface area contributed by atoms with Gasteiger partial charge in [0.2, 0.25) is 0 Å². The van der Waals surface area contributed by atoms with Gasteiger partial charge in [-0.3, -0.25) is 0 Å². The van der Waals surface area contributed by atoms with Gasteiger partial charge in [0, 0.05) is 17.4 Å². The van der Waals surface area contributed by atoms with Gasteiger partial charge in [0.25, 0.3) is 0 Å². The summed E-state index contributed by atoms with van der Waals surface area (Å²) < 4.78 is 26.6. The van der Waals surface area contributed by atoms with Gasteiger partial charge >= 0.3 is 0 Å². The summed E-state index contributed by atoms with van der Waals surface area (Å²) in [5.74, 6) is -0.398. The van der Waals surface area contributed by atoms with Gasteiger partial charge in [-0.25, -0.2) is 8.78 Å². The Morgan fingerprint density at radius 1 is 1.46 bits per heavy atom. The lowest BCUT2D eigenvalue weighted by Gasteiger charge is -2.06. The number of benzene rings is 1. The van der Waals surface area contributed by atoms with Crippen LogP contribution in [0.1, 0.15) is 5.56 Å². The van der Waals surface area contributed by atoms with Gasteiger partial charge < -0.3 is 5.73 Å². The van der Waals surface area contributed by atoms with Crippen molar-refractivity contribution in [2.75, 3.05) is 6.54 Å². The smallest absolute Gasteiger partial charge is 0.127 e. The molecule has 0 fully saturated rings. The average molecular weight is 250 g/mol. The fourth-order valence-corrected chi connectivity index (χ4v) is 1.34. The van der Waals surface area contributed by atoms with Crippen LogP contribution in [0, 0.1) is 5.82 Å². The molecule has 0 radical (unpaired) electrons. The van der Waals surface area contributed by atoms with Gasteiger partial charge in [0.15, 0.2) is 0 Å². The zero-order valence-corrected chi connectivity index (χ0v) is 8.52. The molecule has 0 heterocycles. The maximum Gasteiger partial charge on any atom is 0.127 e. The van der Waals surface area contributed by atoms with Crippen LogP contribution in [0.25, 0.3) is 0 Å². The van der Waals surface area contributed by atoms with Crippen molar-refractivity contribution < 1.29 is 8.78 Å². The summed E-state index contributed by atoms with van der Waals surface area (Å²) in [6, 6.07) is 4.56. The van der Waals surface area contributed by atoms with Crippen LogP contribution in [0.2, 0.25) is 0 Å². The Morgan fingerprint density at radius 2 is 2.15 bits per heavy atom. The molecular formula is C9H10BrF2N. The molecule has 4 heteroatoms. The SMILES string of the molecule is NCC(F)Cc1ccc(Br)cc1F. The lowest BCUT2D eigenvalue weighted by molar-refractivity contribution is 0.336. The van der Waals surface area contributed by atoms with Crippen LogP contribution in [0.15, 0.2) is 22.7 Å². The molecule has 1 aromatic rings. The molecule has 0 saturated carbocycles. The van der Waals surface area contributed by atoms with E-state index in [4.69, 9.17) is 5.73 Å². The topological polar surface area (TPSA) is 26.0 Å². The van der Waals surface area contributed by atoms with Crippen LogP contribution in [0.3, 0.4) is 0 Å². The molecule has 0 aliphatic carbocycles. The molecule has 1 atom stereocenters. The largest absolute Gasteiger partial charge is 0.328 e. The Hall–Kier alpha value is -0.480.